The van der Waals surface area contributed by atoms with Crippen molar-refractivity contribution in [2.45, 2.75) is 13.5 Å². The van der Waals surface area contributed by atoms with Gasteiger partial charge in [0, 0.05) is 12.6 Å². The fourth-order valence-electron chi connectivity index (χ4n) is 2.02. The van der Waals surface area contributed by atoms with Gasteiger partial charge in [0.15, 0.2) is 11.6 Å². The molecule has 0 aliphatic heterocycles. The van der Waals surface area contributed by atoms with Crippen molar-refractivity contribution in [3.63, 3.8) is 0 Å². The van der Waals surface area contributed by atoms with E-state index in [2.05, 4.69) is 10.5 Å². The lowest BCUT2D eigenvalue weighted by atomic mass is 10.2. The van der Waals surface area contributed by atoms with E-state index in [1.807, 2.05) is 0 Å². The molecule has 0 unspecified atom stereocenters. The molecule has 0 fully saturated rings. The van der Waals surface area contributed by atoms with Crippen LogP contribution in [0.15, 0.2) is 28.8 Å². The van der Waals surface area contributed by atoms with E-state index >= 15 is 0 Å². The zero-order chi connectivity index (χ0) is 16.1. The number of rotatable bonds is 6. The number of carbonyl (C=O) groups excluding carboxylic acids is 1. The Kier molecular flexibility index (Phi) is 5.11. The van der Waals surface area contributed by atoms with Crippen molar-refractivity contribution in [1.82, 2.24) is 10.1 Å². The summed E-state index contributed by atoms with van der Waals surface area (Å²) >= 11 is 0. The highest BCUT2D eigenvalue weighted by atomic mass is 19.1. The number of nitrogens with one attached hydrogen (secondary N) is 1. The van der Waals surface area contributed by atoms with E-state index in [9.17, 15) is 9.18 Å². The first-order valence-electron chi connectivity index (χ1n) is 6.72. The molecule has 0 atom stereocenters. The Hall–Kier alpha value is -2.41. The van der Waals surface area contributed by atoms with E-state index in [0.29, 0.717) is 18.1 Å². The maximum Gasteiger partial charge on any atom is 0.240 e. The van der Waals surface area contributed by atoms with Crippen LogP contribution in [0.3, 0.4) is 0 Å². The number of hydrogen-bond acceptors (Lipinski definition) is 5. The number of nitrogens with zero attached hydrogens (tertiary/aromatic N) is 2. The molecule has 22 heavy (non-hydrogen) atoms. The summed E-state index contributed by atoms with van der Waals surface area (Å²) in [5, 5.41) is 6.29. The molecule has 7 heteroatoms. The third kappa shape index (κ3) is 4.29. The first-order chi connectivity index (χ1) is 10.5. The van der Waals surface area contributed by atoms with Gasteiger partial charge in [-0.3, -0.25) is 15.0 Å². The number of carbonyl (C=O) groups is 1. The Morgan fingerprint density at radius 2 is 2.23 bits per heavy atom. The minimum Gasteiger partial charge on any atom is -0.494 e. The SMILES string of the molecule is COc1ccc(CN(C)CC(=O)Nc2cc(C)no2)cc1F. The Morgan fingerprint density at radius 1 is 1.45 bits per heavy atom. The van der Waals surface area contributed by atoms with Crippen LogP contribution < -0.4 is 10.1 Å². The van der Waals surface area contributed by atoms with Gasteiger partial charge in [-0.05, 0) is 31.7 Å². The molecule has 0 saturated heterocycles. The Bertz CT molecular complexity index is 657. The Balaban J connectivity index is 1.88. The van der Waals surface area contributed by atoms with E-state index in [1.54, 1.807) is 37.1 Å². The van der Waals surface area contributed by atoms with Crippen LogP contribution in [0.4, 0.5) is 10.3 Å². The van der Waals surface area contributed by atoms with Crippen molar-refractivity contribution in [2.75, 3.05) is 26.0 Å². The number of amides is 1. The molecule has 1 aromatic heterocycles. The number of ether oxygens (including phenoxy) is 1. The average Bonchev–Trinajstić information content (AvgIpc) is 2.83. The summed E-state index contributed by atoms with van der Waals surface area (Å²) in [6.45, 7) is 2.35. The molecule has 0 aliphatic carbocycles. The van der Waals surface area contributed by atoms with Crippen molar-refractivity contribution in [3.05, 3.63) is 41.3 Å². The summed E-state index contributed by atoms with van der Waals surface area (Å²) in [6, 6.07) is 6.36. The molecule has 2 aromatic rings. The minimum absolute atomic E-state index is 0.146. The summed E-state index contributed by atoms with van der Waals surface area (Å²) in [5.41, 5.74) is 1.45. The zero-order valence-corrected chi connectivity index (χ0v) is 12.7. The highest BCUT2D eigenvalue weighted by Crippen LogP contribution is 2.18. The second-order valence-corrected chi connectivity index (χ2v) is 5.02. The molecular formula is C15H18FN3O3. The normalized spacial score (nSPS) is 10.8. The molecule has 0 saturated carbocycles. The molecule has 118 valence electrons. The van der Waals surface area contributed by atoms with Crippen molar-refractivity contribution in [2.24, 2.45) is 0 Å². The molecule has 0 aliphatic rings. The predicted molar refractivity (Wildman–Crippen MR) is 79.2 cm³/mol. The molecule has 1 aromatic carbocycles. The van der Waals surface area contributed by atoms with Gasteiger partial charge < -0.3 is 9.26 Å². The van der Waals surface area contributed by atoms with Crippen LogP contribution in [0.2, 0.25) is 0 Å². The summed E-state index contributed by atoms with van der Waals surface area (Å²) in [5.74, 6) is -0.140. The van der Waals surface area contributed by atoms with Crippen LogP contribution in [-0.4, -0.2) is 36.7 Å². The number of aryl methyl sites for hydroxylation is 1. The lowest BCUT2D eigenvalue weighted by Gasteiger charge is -2.16. The summed E-state index contributed by atoms with van der Waals surface area (Å²) in [7, 11) is 3.19. The highest BCUT2D eigenvalue weighted by molar-refractivity contribution is 5.90. The van der Waals surface area contributed by atoms with Gasteiger partial charge in [-0.15, -0.1) is 0 Å². The van der Waals surface area contributed by atoms with Gasteiger partial charge in [0.1, 0.15) is 0 Å². The van der Waals surface area contributed by atoms with Crippen LogP contribution in [0.5, 0.6) is 5.75 Å². The third-order valence-electron chi connectivity index (χ3n) is 2.97. The lowest BCUT2D eigenvalue weighted by Crippen LogP contribution is -2.29. The maximum absolute atomic E-state index is 13.6. The largest absolute Gasteiger partial charge is 0.494 e. The molecule has 2 rings (SSSR count). The fourth-order valence-corrected chi connectivity index (χ4v) is 2.02. The molecular weight excluding hydrogens is 289 g/mol. The minimum atomic E-state index is -0.421. The summed E-state index contributed by atoms with van der Waals surface area (Å²) in [4.78, 5) is 13.6. The van der Waals surface area contributed by atoms with Gasteiger partial charge in [-0.2, -0.15) is 0 Å². The molecule has 0 bridgehead atoms. The third-order valence-corrected chi connectivity index (χ3v) is 2.97. The van der Waals surface area contributed by atoms with Crippen molar-refractivity contribution < 1.29 is 18.4 Å². The topological polar surface area (TPSA) is 67.6 Å². The lowest BCUT2D eigenvalue weighted by molar-refractivity contribution is -0.117. The van der Waals surface area contributed by atoms with Crippen molar-refractivity contribution in [3.8, 4) is 5.75 Å². The monoisotopic (exact) mass is 307 g/mol. The molecule has 1 heterocycles. The Labute approximate surface area is 127 Å². The van der Waals surface area contributed by atoms with E-state index < -0.39 is 5.82 Å². The van der Waals surface area contributed by atoms with Crippen molar-refractivity contribution >= 4 is 11.8 Å². The van der Waals surface area contributed by atoms with Gasteiger partial charge >= 0.3 is 0 Å². The van der Waals surface area contributed by atoms with Crippen LogP contribution in [0, 0.1) is 12.7 Å². The average molecular weight is 307 g/mol. The van der Waals surface area contributed by atoms with E-state index in [4.69, 9.17) is 9.26 Å². The first-order valence-corrected chi connectivity index (χ1v) is 6.72. The number of hydrogen-bond donors (Lipinski definition) is 1. The first kappa shape index (κ1) is 16.0. The number of halogens is 1. The smallest absolute Gasteiger partial charge is 0.240 e. The predicted octanol–water partition coefficient (Wildman–Crippen LogP) is 2.20. The molecule has 0 spiro atoms. The van der Waals surface area contributed by atoms with Gasteiger partial charge in [0.2, 0.25) is 11.8 Å². The number of likely N-dealkylation sites (N-methyl/N-ethyl adjacent to an activating group) is 1. The molecule has 6 nitrogen and oxygen atoms in total. The van der Waals surface area contributed by atoms with Gasteiger partial charge in [-0.25, -0.2) is 4.39 Å². The molecule has 0 radical (unpaired) electrons. The molecule has 1 amide bonds. The van der Waals surface area contributed by atoms with Crippen LogP contribution in [-0.2, 0) is 11.3 Å². The number of anilines is 1. The number of aromatic nitrogens is 1. The zero-order valence-electron chi connectivity index (χ0n) is 12.7. The summed E-state index contributed by atoms with van der Waals surface area (Å²) in [6.07, 6.45) is 0. The van der Waals surface area contributed by atoms with Gasteiger partial charge in [0.05, 0.1) is 19.3 Å². The fraction of sp³-hybridized carbons (Fsp3) is 0.333. The molecule has 1 N–H and O–H groups in total. The second kappa shape index (κ2) is 7.04. The Morgan fingerprint density at radius 3 is 2.82 bits per heavy atom. The van der Waals surface area contributed by atoms with Gasteiger partial charge in [-0.1, -0.05) is 11.2 Å². The number of benzene rings is 1. The maximum atomic E-state index is 13.6. The van der Waals surface area contributed by atoms with Crippen molar-refractivity contribution in [1.29, 1.82) is 0 Å². The van der Waals surface area contributed by atoms with E-state index in [-0.39, 0.29) is 18.2 Å². The van der Waals surface area contributed by atoms with Crippen LogP contribution >= 0.6 is 0 Å². The van der Waals surface area contributed by atoms with Crippen LogP contribution in [0.1, 0.15) is 11.3 Å². The quantitative estimate of drug-likeness (QED) is 0.886. The van der Waals surface area contributed by atoms with Gasteiger partial charge in [0.25, 0.3) is 0 Å². The van der Waals surface area contributed by atoms with E-state index in [1.165, 1.54) is 13.2 Å². The van der Waals surface area contributed by atoms with E-state index in [0.717, 1.165) is 5.56 Å². The summed E-state index contributed by atoms with van der Waals surface area (Å²) < 4.78 is 23.4. The van der Waals surface area contributed by atoms with Crippen LogP contribution in [0.25, 0.3) is 0 Å². The number of methoxy groups -OCH3 is 1. The highest BCUT2D eigenvalue weighted by Gasteiger charge is 2.11. The second-order valence-electron chi connectivity index (χ2n) is 5.02. The standard InChI is InChI=1S/C15H18FN3O3/c1-10-6-15(22-18-10)17-14(20)9-19(2)8-11-4-5-13(21-3)12(16)7-11/h4-7H,8-9H2,1-3H3,(H,17,20).